The van der Waals surface area contributed by atoms with Gasteiger partial charge in [-0.05, 0) is 24.5 Å². The first-order chi connectivity index (χ1) is 7.15. The van der Waals surface area contributed by atoms with Gasteiger partial charge >= 0.3 is 0 Å². The fourth-order valence-corrected chi connectivity index (χ4v) is 1.72. The molecule has 1 amide bonds. The normalized spacial score (nSPS) is 12.5. The molecule has 1 unspecified atom stereocenters. The number of rotatable bonds is 4. The summed E-state index contributed by atoms with van der Waals surface area (Å²) in [6.45, 7) is 6.22. The van der Waals surface area contributed by atoms with Gasteiger partial charge in [0.05, 0.1) is 0 Å². The van der Waals surface area contributed by atoms with E-state index in [0.29, 0.717) is 5.92 Å². The van der Waals surface area contributed by atoms with E-state index in [-0.39, 0.29) is 11.8 Å². The molecule has 1 aromatic rings. The summed E-state index contributed by atoms with van der Waals surface area (Å²) in [5.74, 6) is 0.614. The van der Waals surface area contributed by atoms with E-state index in [0.717, 1.165) is 12.1 Å². The lowest BCUT2D eigenvalue weighted by Crippen LogP contribution is -2.26. The number of anilines is 1. The molecule has 1 aromatic carbocycles. The maximum Gasteiger partial charge on any atom is 0.227 e. The van der Waals surface area contributed by atoms with E-state index in [2.05, 4.69) is 26.1 Å². The second kappa shape index (κ2) is 5.54. The Morgan fingerprint density at radius 1 is 1.27 bits per heavy atom. The summed E-state index contributed by atoms with van der Waals surface area (Å²) in [5.41, 5.74) is 0.876. The molecule has 15 heavy (non-hydrogen) atoms. The topological polar surface area (TPSA) is 29.1 Å². The predicted octanol–water partition coefficient (Wildman–Crippen LogP) is 3.31. The molecule has 0 bridgehead atoms. The van der Waals surface area contributed by atoms with E-state index in [4.69, 9.17) is 0 Å². The molecule has 1 rings (SSSR count). The van der Waals surface area contributed by atoms with E-state index in [1.165, 1.54) is 0 Å². The quantitative estimate of drug-likeness (QED) is 0.802. The standard InChI is InChI=1S/C13H19NO/c1-4-12(10(2)3)13(15)14-11-8-6-5-7-9-11/h5-10,12H,4H2,1-3H3,(H,14,15). The van der Waals surface area contributed by atoms with Gasteiger partial charge < -0.3 is 5.32 Å². The predicted molar refractivity (Wildman–Crippen MR) is 63.7 cm³/mol. The van der Waals surface area contributed by atoms with Gasteiger partial charge in [0.2, 0.25) is 5.91 Å². The summed E-state index contributed by atoms with van der Waals surface area (Å²) >= 11 is 0. The number of benzene rings is 1. The van der Waals surface area contributed by atoms with Crippen LogP contribution in [0.3, 0.4) is 0 Å². The van der Waals surface area contributed by atoms with Gasteiger partial charge in [0.1, 0.15) is 0 Å². The molecule has 0 saturated heterocycles. The zero-order valence-electron chi connectivity index (χ0n) is 9.66. The van der Waals surface area contributed by atoms with Crippen LogP contribution in [-0.2, 0) is 4.79 Å². The zero-order chi connectivity index (χ0) is 11.3. The van der Waals surface area contributed by atoms with Crippen molar-refractivity contribution < 1.29 is 4.79 Å². The van der Waals surface area contributed by atoms with Crippen molar-refractivity contribution in [1.82, 2.24) is 0 Å². The lowest BCUT2D eigenvalue weighted by atomic mass is 9.92. The lowest BCUT2D eigenvalue weighted by molar-refractivity contribution is -0.121. The third kappa shape index (κ3) is 3.39. The van der Waals surface area contributed by atoms with Crippen LogP contribution in [0.4, 0.5) is 5.69 Å². The molecular formula is C13H19NO. The van der Waals surface area contributed by atoms with Crippen molar-refractivity contribution in [2.45, 2.75) is 27.2 Å². The number of hydrogen-bond acceptors (Lipinski definition) is 1. The van der Waals surface area contributed by atoms with E-state index in [1.54, 1.807) is 0 Å². The highest BCUT2D eigenvalue weighted by atomic mass is 16.1. The summed E-state index contributed by atoms with van der Waals surface area (Å²) < 4.78 is 0. The fourth-order valence-electron chi connectivity index (χ4n) is 1.72. The molecule has 0 aliphatic heterocycles. The first kappa shape index (κ1) is 11.8. The molecule has 0 aromatic heterocycles. The van der Waals surface area contributed by atoms with Gasteiger partial charge in [-0.2, -0.15) is 0 Å². The number of carbonyl (C=O) groups excluding carboxylic acids is 1. The van der Waals surface area contributed by atoms with Crippen molar-refractivity contribution in [3.63, 3.8) is 0 Å². The highest BCUT2D eigenvalue weighted by Gasteiger charge is 2.19. The van der Waals surface area contributed by atoms with Crippen LogP contribution in [0.5, 0.6) is 0 Å². The lowest BCUT2D eigenvalue weighted by Gasteiger charge is -2.18. The van der Waals surface area contributed by atoms with Gasteiger partial charge in [0, 0.05) is 11.6 Å². The SMILES string of the molecule is CCC(C(=O)Nc1ccccc1)C(C)C. The van der Waals surface area contributed by atoms with Crippen LogP contribution in [0.1, 0.15) is 27.2 Å². The molecule has 0 fully saturated rings. The van der Waals surface area contributed by atoms with Gasteiger partial charge in [-0.3, -0.25) is 4.79 Å². The largest absolute Gasteiger partial charge is 0.326 e. The van der Waals surface area contributed by atoms with Gasteiger partial charge in [0.25, 0.3) is 0 Å². The van der Waals surface area contributed by atoms with Crippen LogP contribution in [0.25, 0.3) is 0 Å². The summed E-state index contributed by atoms with van der Waals surface area (Å²) in [4.78, 5) is 11.9. The van der Waals surface area contributed by atoms with Crippen molar-refractivity contribution >= 4 is 11.6 Å². The van der Waals surface area contributed by atoms with Gasteiger partial charge in [-0.15, -0.1) is 0 Å². The zero-order valence-corrected chi connectivity index (χ0v) is 9.66. The fraction of sp³-hybridized carbons (Fsp3) is 0.462. The first-order valence-electron chi connectivity index (χ1n) is 5.51. The Labute approximate surface area is 91.7 Å². The van der Waals surface area contributed by atoms with Crippen LogP contribution in [-0.4, -0.2) is 5.91 Å². The molecule has 0 aliphatic rings. The highest BCUT2D eigenvalue weighted by Crippen LogP contribution is 2.17. The van der Waals surface area contributed by atoms with Gasteiger partial charge in [-0.1, -0.05) is 39.0 Å². The van der Waals surface area contributed by atoms with E-state index < -0.39 is 0 Å². The number of carbonyl (C=O) groups is 1. The van der Waals surface area contributed by atoms with Crippen LogP contribution >= 0.6 is 0 Å². The minimum atomic E-state index is 0.102. The molecular weight excluding hydrogens is 186 g/mol. The molecule has 2 nitrogen and oxygen atoms in total. The molecule has 0 spiro atoms. The van der Waals surface area contributed by atoms with Gasteiger partial charge in [-0.25, -0.2) is 0 Å². The van der Waals surface area contributed by atoms with E-state index in [1.807, 2.05) is 30.3 Å². The van der Waals surface area contributed by atoms with E-state index in [9.17, 15) is 4.79 Å². The average molecular weight is 205 g/mol. The Kier molecular flexibility index (Phi) is 4.35. The van der Waals surface area contributed by atoms with Crippen molar-refractivity contribution in [2.24, 2.45) is 11.8 Å². The molecule has 0 heterocycles. The number of para-hydroxylation sites is 1. The third-order valence-electron chi connectivity index (χ3n) is 2.62. The number of nitrogens with one attached hydrogen (secondary N) is 1. The highest BCUT2D eigenvalue weighted by molar-refractivity contribution is 5.92. The molecule has 82 valence electrons. The monoisotopic (exact) mass is 205 g/mol. The Hall–Kier alpha value is -1.31. The molecule has 1 atom stereocenters. The van der Waals surface area contributed by atoms with Crippen molar-refractivity contribution in [1.29, 1.82) is 0 Å². The second-order valence-electron chi connectivity index (χ2n) is 4.11. The molecule has 0 radical (unpaired) electrons. The summed E-state index contributed by atoms with van der Waals surface area (Å²) in [6, 6.07) is 9.60. The Morgan fingerprint density at radius 3 is 2.33 bits per heavy atom. The van der Waals surface area contributed by atoms with Crippen molar-refractivity contribution in [2.75, 3.05) is 5.32 Å². The van der Waals surface area contributed by atoms with Crippen LogP contribution in [0.15, 0.2) is 30.3 Å². The van der Waals surface area contributed by atoms with Gasteiger partial charge in [0.15, 0.2) is 0 Å². The Bertz CT molecular complexity index is 306. The summed E-state index contributed by atoms with van der Waals surface area (Å²) in [6.07, 6.45) is 0.885. The maximum absolute atomic E-state index is 11.9. The molecule has 0 aliphatic carbocycles. The molecule has 2 heteroatoms. The van der Waals surface area contributed by atoms with Crippen LogP contribution < -0.4 is 5.32 Å². The maximum atomic E-state index is 11.9. The Balaban J connectivity index is 2.62. The summed E-state index contributed by atoms with van der Waals surface area (Å²) in [7, 11) is 0. The van der Waals surface area contributed by atoms with Crippen molar-refractivity contribution in [3.8, 4) is 0 Å². The Morgan fingerprint density at radius 2 is 1.87 bits per heavy atom. The molecule has 0 saturated carbocycles. The van der Waals surface area contributed by atoms with Crippen LogP contribution in [0.2, 0.25) is 0 Å². The minimum absolute atomic E-state index is 0.102. The van der Waals surface area contributed by atoms with Crippen molar-refractivity contribution in [3.05, 3.63) is 30.3 Å². The summed E-state index contributed by atoms with van der Waals surface area (Å²) in [5, 5.41) is 2.94. The third-order valence-corrected chi connectivity index (χ3v) is 2.62. The first-order valence-corrected chi connectivity index (χ1v) is 5.51. The minimum Gasteiger partial charge on any atom is -0.326 e. The average Bonchev–Trinajstić information content (AvgIpc) is 2.19. The second-order valence-corrected chi connectivity index (χ2v) is 4.11. The van der Waals surface area contributed by atoms with Crippen LogP contribution in [0, 0.1) is 11.8 Å². The van der Waals surface area contributed by atoms with E-state index >= 15 is 0 Å². The number of amides is 1. The number of hydrogen-bond donors (Lipinski definition) is 1. The smallest absolute Gasteiger partial charge is 0.227 e. The molecule has 1 N–H and O–H groups in total.